The number of nitrogens with zero attached hydrogens (tertiary/aromatic N) is 1. The molecule has 0 saturated carbocycles. The molecule has 0 aromatic heterocycles. The van der Waals surface area contributed by atoms with E-state index in [1.165, 1.54) is 4.90 Å². The summed E-state index contributed by atoms with van der Waals surface area (Å²) >= 11 is 3.44. The molecule has 1 N–H and O–H groups in total. The molecule has 5 heteroatoms. The summed E-state index contributed by atoms with van der Waals surface area (Å²) in [6, 6.07) is 5.71. The summed E-state index contributed by atoms with van der Waals surface area (Å²) in [6.07, 6.45) is 0. The van der Waals surface area contributed by atoms with Crippen molar-refractivity contribution < 1.29 is 9.59 Å². The van der Waals surface area contributed by atoms with Crippen molar-refractivity contribution in [3.8, 4) is 0 Å². The van der Waals surface area contributed by atoms with Crippen LogP contribution in [0.25, 0.3) is 0 Å². The smallest absolute Gasteiger partial charge is 0.252 e. The van der Waals surface area contributed by atoms with Crippen LogP contribution in [0.5, 0.6) is 0 Å². The van der Waals surface area contributed by atoms with E-state index in [0.29, 0.717) is 0 Å². The molecule has 0 aliphatic carbocycles. The Bertz CT molecular complexity index is 526. The lowest BCUT2D eigenvalue weighted by molar-refractivity contribution is -0.134. The molecule has 2 amide bonds. The first-order valence-corrected chi connectivity index (χ1v) is 6.50. The predicted molar refractivity (Wildman–Crippen MR) is 73.5 cm³/mol. The summed E-state index contributed by atoms with van der Waals surface area (Å²) in [5.74, 6) is -0.251. The maximum absolute atomic E-state index is 12.3. The summed E-state index contributed by atoms with van der Waals surface area (Å²) in [6.45, 7) is 5.45. The van der Waals surface area contributed by atoms with Crippen LogP contribution in [0.2, 0.25) is 0 Å². The van der Waals surface area contributed by atoms with E-state index in [-0.39, 0.29) is 18.4 Å². The second kappa shape index (κ2) is 4.39. The normalized spacial score (nSPS) is 18.8. The minimum absolute atomic E-state index is 0.0594. The van der Waals surface area contributed by atoms with Gasteiger partial charge in [0, 0.05) is 4.47 Å². The molecule has 4 nitrogen and oxygen atoms in total. The second-order valence-electron chi connectivity index (χ2n) is 5.02. The van der Waals surface area contributed by atoms with Crippen LogP contribution in [-0.4, -0.2) is 23.9 Å². The zero-order valence-corrected chi connectivity index (χ0v) is 12.2. The summed E-state index contributed by atoms with van der Waals surface area (Å²) in [7, 11) is 0. The van der Waals surface area contributed by atoms with E-state index in [2.05, 4.69) is 21.2 Å². The molecule has 96 valence electrons. The van der Waals surface area contributed by atoms with Crippen LogP contribution in [0.3, 0.4) is 0 Å². The first-order chi connectivity index (χ1) is 8.31. The number of piperazine rings is 1. The minimum atomic E-state index is -0.861. The Kier molecular flexibility index (Phi) is 3.19. The van der Waals surface area contributed by atoms with Crippen LogP contribution >= 0.6 is 15.9 Å². The molecule has 1 aliphatic rings. The van der Waals surface area contributed by atoms with E-state index in [1.807, 2.05) is 25.1 Å². The Hall–Kier alpha value is -1.36. The number of halogens is 1. The SMILES string of the molecule is Cc1ccc(N2CC(=O)NC(C)(C)C2=O)c(Br)c1. The Labute approximate surface area is 114 Å². The largest absolute Gasteiger partial charge is 0.341 e. The number of nitrogens with one attached hydrogen (secondary N) is 1. The van der Waals surface area contributed by atoms with Gasteiger partial charge >= 0.3 is 0 Å². The zero-order chi connectivity index (χ0) is 13.5. The lowest BCUT2D eigenvalue weighted by atomic mass is 10.00. The Morgan fingerprint density at radius 2 is 2.00 bits per heavy atom. The van der Waals surface area contributed by atoms with Crippen LogP contribution in [0.4, 0.5) is 5.69 Å². The summed E-state index contributed by atoms with van der Waals surface area (Å²) in [5.41, 5.74) is 0.965. The quantitative estimate of drug-likeness (QED) is 0.862. The van der Waals surface area contributed by atoms with E-state index in [4.69, 9.17) is 0 Å². The highest BCUT2D eigenvalue weighted by atomic mass is 79.9. The molecule has 2 rings (SSSR count). The summed E-state index contributed by atoms with van der Waals surface area (Å²) in [4.78, 5) is 25.5. The third-order valence-corrected chi connectivity index (χ3v) is 3.56. The van der Waals surface area contributed by atoms with Gasteiger partial charge in [0.15, 0.2) is 0 Å². The molecule has 1 fully saturated rings. The second-order valence-corrected chi connectivity index (χ2v) is 5.87. The number of hydrogen-bond donors (Lipinski definition) is 1. The fourth-order valence-electron chi connectivity index (χ4n) is 2.02. The molecule has 0 atom stereocenters. The van der Waals surface area contributed by atoms with Crippen LogP contribution in [0.1, 0.15) is 19.4 Å². The number of carbonyl (C=O) groups is 2. The third kappa shape index (κ3) is 2.27. The van der Waals surface area contributed by atoms with Gasteiger partial charge in [0.1, 0.15) is 12.1 Å². The maximum Gasteiger partial charge on any atom is 0.252 e. The van der Waals surface area contributed by atoms with Gasteiger partial charge in [-0.25, -0.2) is 0 Å². The van der Waals surface area contributed by atoms with Crippen LogP contribution < -0.4 is 10.2 Å². The summed E-state index contributed by atoms with van der Waals surface area (Å²) < 4.78 is 0.821. The molecule has 1 aromatic rings. The van der Waals surface area contributed by atoms with Gasteiger partial charge in [-0.3, -0.25) is 14.5 Å². The van der Waals surface area contributed by atoms with Gasteiger partial charge in [-0.2, -0.15) is 0 Å². The lowest BCUT2D eigenvalue weighted by Gasteiger charge is -2.37. The van der Waals surface area contributed by atoms with E-state index in [9.17, 15) is 9.59 Å². The maximum atomic E-state index is 12.3. The first-order valence-electron chi connectivity index (χ1n) is 5.70. The van der Waals surface area contributed by atoms with Crippen molar-refractivity contribution in [3.05, 3.63) is 28.2 Å². The highest BCUT2D eigenvalue weighted by Crippen LogP contribution is 2.30. The molecule has 0 unspecified atom stereocenters. The Morgan fingerprint density at radius 1 is 1.33 bits per heavy atom. The number of aryl methyl sites for hydroxylation is 1. The number of hydrogen-bond acceptors (Lipinski definition) is 2. The lowest BCUT2D eigenvalue weighted by Crippen LogP contribution is -2.64. The van der Waals surface area contributed by atoms with Crippen molar-refractivity contribution in [2.45, 2.75) is 26.3 Å². The number of anilines is 1. The van der Waals surface area contributed by atoms with Gasteiger partial charge in [0.2, 0.25) is 5.91 Å². The first kappa shape index (κ1) is 13.1. The van der Waals surface area contributed by atoms with E-state index < -0.39 is 5.54 Å². The molecule has 1 heterocycles. The average molecular weight is 311 g/mol. The van der Waals surface area contributed by atoms with Crippen molar-refractivity contribution in [2.75, 3.05) is 11.4 Å². The fraction of sp³-hybridized carbons (Fsp3) is 0.385. The molecular weight excluding hydrogens is 296 g/mol. The number of carbonyl (C=O) groups excluding carboxylic acids is 2. The topological polar surface area (TPSA) is 49.4 Å². The van der Waals surface area contributed by atoms with Crippen molar-refractivity contribution in [1.82, 2.24) is 5.32 Å². The molecule has 0 bridgehead atoms. The highest BCUT2D eigenvalue weighted by molar-refractivity contribution is 9.10. The molecule has 1 saturated heterocycles. The van der Waals surface area contributed by atoms with Crippen molar-refractivity contribution in [3.63, 3.8) is 0 Å². The van der Waals surface area contributed by atoms with Crippen LogP contribution in [0.15, 0.2) is 22.7 Å². The summed E-state index contributed by atoms with van der Waals surface area (Å²) in [5, 5.41) is 2.69. The van der Waals surface area contributed by atoms with Crippen molar-refractivity contribution in [2.24, 2.45) is 0 Å². The van der Waals surface area contributed by atoms with Gasteiger partial charge in [0.25, 0.3) is 5.91 Å². The van der Waals surface area contributed by atoms with Gasteiger partial charge < -0.3 is 5.32 Å². The fourth-order valence-corrected chi connectivity index (χ4v) is 2.73. The molecule has 1 aromatic carbocycles. The molecule has 1 aliphatic heterocycles. The number of amides is 2. The van der Waals surface area contributed by atoms with Crippen molar-refractivity contribution >= 4 is 33.4 Å². The average Bonchev–Trinajstić information content (AvgIpc) is 2.23. The minimum Gasteiger partial charge on any atom is -0.341 e. The molecule has 0 radical (unpaired) electrons. The van der Waals surface area contributed by atoms with Gasteiger partial charge in [0.05, 0.1) is 5.69 Å². The van der Waals surface area contributed by atoms with Crippen LogP contribution in [0, 0.1) is 6.92 Å². The highest BCUT2D eigenvalue weighted by Gasteiger charge is 2.40. The Morgan fingerprint density at radius 3 is 2.61 bits per heavy atom. The van der Waals surface area contributed by atoms with Crippen molar-refractivity contribution in [1.29, 1.82) is 0 Å². The number of benzene rings is 1. The van der Waals surface area contributed by atoms with Gasteiger partial charge in [-0.05, 0) is 54.4 Å². The van der Waals surface area contributed by atoms with E-state index in [0.717, 1.165) is 15.7 Å². The van der Waals surface area contributed by atoms with E-state index >= 15 is 0 Å². The molecular formula is C13H15BrN2O2. The monoisotopic (exact) mass is 310 g/mol. The predicted octanol–water partition coefficient (Wildman–Crippen LogP) is 2.00. The third-order valence-electron chi connectivity index (χ3n) is 2.93. The number of rotatable bonds is 1. The van der Waals surface area contributed by atoms with E-state index in [1.54, 1.807) is 13.8 Å². The van der Waals surface area contributed by atoms with Crippen LogP contribution in [-0.2, 0) is 9.59 Å². The van der Waals surface area contributed by atoms with Gasteiger partial charge in [-0.15, -0.1) is 0 Å². The molecule has 18 heavy (non-hydrogen) atoms. The zero-order valence-electron chi connectivity index (χ0n) is 10.6. The van der Waals surface area contributed by atoms with Gasteiger partial charge in [-0.1, -0.05) is 6.07 Å². The Balaban J connectivity index is 2.43. The standard InChI is InChI=1S/C13H15BrN2O2/c1-8-4-5-10(9(14)6-8)16-7-11(17)15-13(2,3)12(16)18/h4-6H,7H2,1-3H3,(H,15,17). The molecule has 0 spiro atoms.